The lowest BCUT2D eigenvalue weighted by Crippen LogP contribution is -1.99. The van der Waals surface area contributed by atoms with Gasteiger partial charge in [-0.15, -0.1) is 0 Å². The molecule has 0 unspecified atom stereocenters. The summed E-state index contributed by atoms with van der Waals surface area (Å²) in [6, 6.07) is 3.31. The van der Waals surface area contributed by atoms with Gasteiger partial charge in [-0.2, -0.15) is 0 Å². The van der Waals surface area contributed by atoms with Crippen molar-refractivity contribution in [3.63, 3.8) is 0 Å². The van der Waals surface area contributed by atoms with Gasteiger partial charge in [0.1, 0.15) is 5.15 Å². The predicted octanol–water partition coefficient (Wildman–Crippen LogP) is 1.92. The molecular formula is C9H7ClN2O2. The van der Waals surface area contributed by atoms with Crippen molar-refractivity contribution in [3.8, 4) is 0 Å². The van der Waals surface area contributed by atoms with Crippen LogP contribution in [0.4, 0.5) is 0 Å². The Labute approximate surface area is 84.7 Å². The second kappa shape index (κ2) is 2.99. The maximum Gasteiger partial charge on any atom is 0.338 e. The lowest BCUT2D eigenvalue weighted by Gasteiger charge is -2.00. The molecular weight excluding hydrogens is 204 g/mol. The Bertz CT molecular complexity index is 519. The van der Waals surface area contributed by atoms with Crippen LogP contribution in [0.25, 0.3) is 11.0 Å². The number of nitrogens with zero attached hydrogens (tertiary/aromatic N) is 2. The van der Waals surface area contributed by atoms with Crippen LogP contribution >= 0.6 is 11.6 Å². The maximum atomic E-state index is 10.8. The Morgan fingerprint density at radius 2 is 2.36 bits per heavy atom. The normalized spacial score (nSPS) is 10.7. The van der Waals surface area contributed by atoms with Gasteiger partial charge in [0.2, 0.25) is 0 Å². The van der Waals surface area contributed by atoms with E-state index in [1.165, 1.54) is 6.07 Å². The molecule has 0 bridgehead atoms. The molecule has 0 aliphatic heterocycles. The van der Waals surface area contributed by atoms with Crippen LogP contribution < -0.4 is 0 Å². The molecule has 0 aliphatic carbocycles. The number of aryl methyl sites for hydroxylation is 1. The summed E-state index contributed by atoms with van der Waals surface area (Å²) in [7, 11) is 1.82. The molecule has 0 aromatic carbocycles. The van der Waals surface area contributed by atoms with E-state index in [9.17, 15) is 4.79 Å². The van der Waals surface area contributed by atoms with E-state index in [4.69, 9.17) is 16.7 Å². The minimum Gasteiger partial charge on any atom is -0.478 e. The van der Waals surface area contributed by atoms with Gasteiger partial charge in [0.05, 0.1) is 16.6 Å². The van der Waals surface area contributed by atoms with Crippen LogP contribution in [0.15, 0.2) is 18.3 Å². The van der Waals surface area contributed by atoms with Gasteiger partial charge in [-0.25, -0.2) is 9.78 Å². The molecule has 14 heavy (non-hydrogen) atoms. The fraction of sp³-hybridized carbons (Fsp3) is 0.111. The van der Waals surface area contributed by atoms with Crippen molar-refractivity contribution in [2.24, 2.45) is 7.05 Å². The lowest BCUT2D eigenvalue weighted by molar-refractivity contribution is 0.0697. The SMILES string of the molecule is Cn1ccc2nc(Cl)c(C(=O)O)cc21. The van der Waals surface area contributed by atoms with E-state index in [-0.39, 0.29) is 10.7 Å². The van der Waals surface area contributed by atoms with Crippen LogP contribution in [0.2, 0.25) is 5.15 Å². The molecule has 4 nitrogen and oxygen atoms in total. The molecule has 0 atom stereocenters. The molecule has 2 rings (SSSR count). The Balaban J connectivity index is 2.80. The average Bonchev–Trinajstić information content (AvgIpc) is 2.46. The van der Waals surface area contributed by atoms with Crippen molar-refractivity contribution >= 4 is 28.6 Å². The number of rotatable bonds is 1. The fourth-order valence-electron chi connectivity index (χ4n) is 1.31. The van der Waals surface area contributed by atoms with E-state index in [0.717, 1.165) is 5.52 Å². The van der Waals surface area contributed by atoms with Crippen LogP contribution in [0.3, 0.4) is 0 Å². The Morgan fingerprint density at radius 1 is 1.64 bits per heavy atom. The summed E-state index contributed by atoms with van der Waals surface area (Å²) in [6.45, 7) is 0. The van der Waals surface area contributed by atoms with Crippen LogP contribution in [-0.4, -0.2) is 20.6 Å². The number of halogens is 1. The smallest absolute Gasteiger partial charge is 0.338 e. The van der Waals surface area contributed by atoms with Crippen molar-refractivity contribution < 1.29 is 9.90 Å². The van der Waals surface area contributed by atoms with E-state index in [2.05, 4.69) is 4.98 Å². The van der Waals surface area contributed by atoms with Gasteiger partial charge in [0.25, 0.3) is 0 Å². The van der Waals surface area contributed by atoms with Gasteiger partial charge in [0.15, 0.2) is 0 Å². The minimum absolute atomic E-state index is 0.0243. The summed E-state index contributed by atoms with van der Waals surface area (Å²) >= 11 is 5.71. The molecule has 0 radical (unpaired) electrons. The standard InChI is InChI=1S/C9H7ClN2O2/c1-12-3-2-6-7(12)4-5(9(13)14)8(10)11-6/h2-4H,1H3,(H,13,14). The quantitative estimate of drug-likeness (QED) is 0.732. The lowest BCUT2D eigenvalue weighted by atomic mass is 10.2. The van der Waals surface area contributed by atoms with Crippen molar-refractivity contribution in [2.75, 3.05) is 0 Å². The third-order valence-electron chi connectivity index (χ3n) is 2.05. The third kappa shape index (κ3) is 1.24. The first-order chi connectivity index (χ1) is 6.59. The van der Waals surface area contributed by atoms with Crippen LogP contribution in [0.1, 0.15) is 10.4 Å². The number of carboxylic acid groups (broad SMARTS) is 1. The average molecular weight is 211 g/mol. The van der Waals surface area contributed by atoms with E-state index in [1.54, 1.807) is 16.8 Å². The summed E-state index contributed by atoms with van der Waals surface area (Å²) in [5.74, 6) is -1.06. The largest absolute Gasteiger partial charge is 0.478 e. The van der Waals surface area contributed by atoms with Gasteiger partial charge in [-0.1, -0.05) is 11.6 Å². The Kier molecular flexibility index (Phi) is 1.93. The molecule has 2 aromatic rings. The molecule has 0 saturated heterocycles. The van der Waals surface area contributed by atoms with Crippen molar-refractivity contribution in [1.82, 2.24) is 9.55 Å². The highest BCUT2D eigenvalue weighted by Crippen LogP contribution is 2.20. The number of aromatic nitrogens is 2. The molecule has 5 heteroatoms. The molecule has 2 aromatic heterocycles. The summed E-state index contributed by atoms with van der Waals surface area (Å²) in [5, 5.41) is 8.84. The fourth-order valence-corrected chi connectivity index (χ4v) is 1.54. The van der Waals surface area contributed by atoms with Crippen molar-refractivity contribution in [2.45, 2.75) is 0 Å². The number of aromatic carboxylic acids is 1. The van der Waals surface area contributed by atoms with E-state index >= 15 is 0 Å². The molecule has 0 amide bonds. The van der Waals surface area contributed by atoms with Crippen LogP contribution in [0.5, 0.6) is 0 Å². The van der Waals surface area contributed by atoms with Crippen molar-refractivity contribution in [3.05, 3.63) is 29.0 Å². The highest BCUT2D eigenvalue weighted by atomic mass is 35.5. The van der Waals surface area contributed by atoms with E-state index in [1.807, 2.05) is 7.05 Å². The molecule has 0 saturated carbocycles. The molecule has 1 N–H and O–H groups in total. The van der Waals surface area contributed by atoms with E-state index < -0.39 is 5.97 Å². The topological polar surface area (TPSA) is 55.1 Å². The number of pyridine rings is 1. The summed E-state index contributed by atoms with van der Waals surface area (Å²) in [6.07, 6.45) is 1.81. The number of fused-ring (bicyclic) bond motifs is 1. The zero-order valence-electron chi connectivity index (χ0n) is 7.36. The highest BCUT2D eigenvalue weighted by molar-refractivity contribution is 6.32. The van der Waals surface area contributed by atoms with Crippen LogP contribution in [-0.2, 0) is 7.05 Å². The molecule has 0 aliphatic rings. The number of carbonyl (C=O) groups is 1. The molecule has 72 valence electrons. The molecule has 0 spiro atoms. The number of hydrogen-bond donors (Lipinski definition) is 1. The summed E-state index contributed by atoms with van der Waals surface area (Å²) in [4.78, 5) is 14.7. The predicted molar refractivity (Wildman–Crippen MR) is 52.7 cm³/mol. The summed E-state index contributed by atoms with van der Waals surface area (Å²) in [5.41, 5.74) is 1.48. The van der Waals surface area contributed by atoms with Gasteiger partial charge in [-0.3, -0.25) is 0 Å². The van der Waals surface area contributed by atoms with Crippen molar-refractivity contribution in [1.29, 1.82) is 0 Å². The first kappa shape index (κ1) is 9.02. The monoisotopic (exact) mass is 210 g/mol. The highest BCUT2D eigenvalue weighted by Gasteiger charge is 2.12. The molecule has 2 heterocycles. The van der Waals surface area contributed by atoms with Crippen LogP contribution in [0, 0.1) is 0 Å². The summed E-state index contributed by atoms with van der Waals surface area (Å²) < 4.78 is 1.80. The maximum absolute atomic E-state index is 10.8. The zero-order chi connectivity index (χ0) is 10.3. The molecule has 0 fully saturated rings. The Hall–Kier alpha value is -1.55. The third-order valence-corrected chi connectivity index (χ3v) is 2.34. The van der Waals surface area contributed by atoms with Gasteiger partial charge in [-0.05, 0) is 12.1 Å². The zero-order valence-corrected chi connectivity index (χ0v) is 8.12. The van der Waals surface area contributed by atoms with E-state index in [0.29, 0.717) is 5.52 Å². The van der Waals surface area contributed by atoms with Gasteiger partial charge < -0.3 is 9.67 Å². The number of carboxylic acids is 1. The second-order valence-corrected chi connectivity index (χ2v) is 3.32. The van der Waals surface area contributed by atoms with Gasteiger partial charge in [0, 0.05) is 13.2 Å². The first-order valence-corrected chi connectivity index (χ1v) is 4.32. The minimum atomic E-state index is -1.06. The first-order valence-electron chi connectivity index (χ1n) is 3.94. The Morgan fingerprint density at radius 3 is 3.00 bits per heavy atom. The second-order valence-electron chi connectivity index (χ2n) is 2.96. The number of hydrogen-bond acceptors (Lipinski definition) is 2. The van der Waals surface area contributed by atoms with Gasteiger partial charge >= 0.3 is 5.97 Å².